The van der Waals surface area contributed by atoms with E-state index in [4.69, 9.17) is 13.8 Å². The lowest BCUT2D eigenvalue weighted by Crippen LogP contribution is -2.47. The molecule has 470 valence electrons. The van der Waals surface area contributed by atoms with Gasteiger partial charge in [0.15, 0.2) is 0 Å². The van der Waals surface area contributed by atoms with E-state index in [0.29, 0.717) is 17.4 Å². The van der Waals surface area contributed by atoms with Gasteiger partial charge in [0.05, 0.1) is 33.8 Å². The van der Waals surface area contributed by atoms with Crippen molar-refractivity contribution in [2.45, 2.75) is 315 Å². The summed E-state index contributed by atoms with van der Waals surface area (Å²) in [4.78, 5) is 37.8. The molecule has 0 rings (SSSR count). The second kappa shape index (κ2) is 60.3. The summed E-state index contributed by atoms with van der Waals surface area (Å²) in [7, 11) is 1.49. The highest BCUT2D eigenvalue weighted by atomic mass is 31.2. The van der Waals surface area contributed by atoms with Gasteiger partial charge >= 0.3 is 13.8 Å². The summed E-state index contributed by atoms with van der Waals surface area (Å²) in [6.45, 7) is 6.90. The van der Waals surface area contributed by atoms with E-state index < -0.39 is 20.0 Å². The number of phosphoric ester groups is 1. The monoisotopic (exact) mass is 1150 g/mol. The molecule has 0 aromatic heterocycles. The predicted octanol–water partition coefficient (Wildman–Crippen LogP) is 21.3. The summed E-state index contributed by atoms with van der Waals surface area (Å²) in [5.41, 5.74) is 0. The molecule has 0 bridgehead atoms. The van der Waals surface area contributed by atoms with Gasteiger partial charge in [0, 0.05) is 12.8 Å². The van der Waals surface area contributed by atoms with Gasteiger partial charge < -0.3 is 19.4 Å². The molecule has 3 atom stereocenters. The minimum absolute atomic E-state index is 0.0369. The summed E-state index contributed by atoms with van der Waals surface area (Å²) < 4.78 is 30.8. The number of ether oxygens (including phenoxy) is 1. The van der Waals surface area contributed by atoms with Gasteiger partial charge in [-0.25, -0.2) is 4.57 Å². The SMILES string of the molecule is CC/C=C\C/C=C\C/C=C\C/C=C\C/C=C\CCCCCCCCCCCCCC(=O)NC(COP(=O)(O)OCC[N+](C)(C)C)C(/C=C\CCCCCCCCCCCCC)OC(=O)CCCCCCCCC/C=C\CCCCCC. The maximum atomic E-state index is 13.6. The fourth-order valence-corrected chi connectivity index (χ4v) is 10.3. The standard InChI is InChI=1S/C71H129N2O7P/c1-7-10-13-16-19-22-25-28-30-31-32-33-34-35-36-37-38-39-40-41-43-45-48-51-54-57-60-63-70(74)72-68(67-79-81(76,77)78-66-65-73(4,5)6)69(62-59-56-53-50-47-44-27-24-21-18-15-12-9-3)80-71(75)64-61-58-55-52-49-46-42-29-26-23-20-17-14-11-8-2/h10,13,19,22-23,26,28,30,32-33,35-36,59,62,68-69H,7-9,11-12,14-18,20-21,24-25,27,29,31,34,37-58,60-61,63-67H2,1-6H3,(H-,72,74,76,77)/p+1/b13-10-,22-19-,26-23-,30-28-,33-32-,36-35-,62-59-. The van der Waals surface area contributed by atoms with Gasteiger partial charge in [0.2, 0.25) is 5.91 Å². The molecule has 2 N–H and O–H groups in total. The highest BCUT2D eigenvalue weighted by Crippen LogP contribution is 2.43. The van der Waals surface area contributed by atoms with Gasteiger partial charge in [0.25, 0.3) is 0 Å². The largest absolute Gasteiger partial charge is 0.472 e. The number of amides is 1. The van der Waals surface area contributed by atoms with Gasteiger partial charge in [-0.3, -0.25) is 18.6 Å². The number of carbonyl (C=O) groups is 2. The zero-order valence-electron chi connectivity index (χ0n) is 53.8. The van der Waals surface area contributed by atoms with Crippen LogP contribution in [0.3, 0.4) is 0 Å². The van der Waals surface area contributed by atoms with Gasteiger partial charge in [-0.2, -0.15) is 0 Å². The van der Waals surface area contributed by atoms with E-state index in [2.05, 4.69) is 99.0 Å². The summed E-state index contributed by atoms with van der Waals surface area (Å²) >= 11 is 0. The second-order valence-electron chi connectivity index (χ2n) is 24.0. The lowest BCUT2D eigenvalue weighted by molar-refractivity contribution is -0.870. The zero-order chi connectivity index (χ0) is 59.3. The number of phosphoric acid groups is 1. The first-order valence-electron chi connectivity index (χ1n) is 33.9. The molecular weight excluding hydrogens is 1020 g/mol. The van der Waals surface area contributed by atoms with Gasteiger partial charge in [-0.05, 0) is 102 Å². The number of likely N-dealkylation sites (N-methyl/N-ethyl adjacent to an activating group) is 1. The molecule has 0 spiro atoms. The molecular formula is C71H130N2O7P+. The van der Waals surface area contributed by atoms with Crippen molar-refractivity contribution < 1.29 is 37.3 Å². The molecule has 81 heavy (non-hydrogen) atoms. The van der Waals surface area contributed by atoms with E-state index in [0.717, 1.165) is 103 Å². The lowest BCUT2D eigenvalue weighted by atomic mass is 10.0. The van der Waals surface area contributed by atoms with Crippen LogP contribution in [0.1, 0.15) is 303 Å². The fourth-order valence-electron chi connectivity index (χ4n) is 9.61. The molecule has 0 aromatic carbocycles. The normalized spacial score (nSPS) is 14.1. The van der Waals surface area contributed by atoms with E-state index in [1.165, 1.54) is 167 Å². The van der Waals surface area contributed by atoms with Crippen molar-refractivity contribution in [3.05, 3.63) is 85.1 Å². The molecule has 1 amide bonds. The Balaban J connectivity index is 5.10. The Bertz CT molecular complexity index is 1660. The van der Waals surface area contributed by atoms with Crippen LogP contribution in [-0.2, 0) is 27.9 Å². The molecule has 0 aromatic rings. The average Bonchev–Trinajstić information content (AvgIpc) is 3.44. The molecule has 3 unspecified atom stereocenters. The van der Waals surface area contributed by atoms with Crippen LogP contribution < -0.4 is 5.32 Å². The predicted molar refractivity (Wildman–Crippen MR) is 351 cm³/mol. The summed E-state index contributed by atoms with van der Waals surface area (Å²) in [5.74, 6) is -0.509. The van der Waals surface area contributed by atoms with E-state index >= 15 is 0 Å². The molecule has 10 heteroatoms. The number of hydrogen-bond acceptors (Lipinski definition) is 6. The Morgan fingerprint density at radius 2 is 0.790 bits per heavy atom. The molecule has 0 radical (unpaired) electrons. The van der Waals surface area contributed by atoms with Crippen LogP contribution in [0.4, 0.5) is 0 Å². The van der Waals surface area contributed by atoms with Gasteiger partial charge in [-0.1, -0.05) is 273 Å². The van der Waals surface area contributed by atoms with E-state index in [9.17, 15) is 19.0 Å². The van der Waals surface area contributed by atoms with Crippen molar-refractivity contribution in [3.63, 3.8) is 0 Å². The van der Waals surface area contributed by atoms with Crippen LogP contribution in [-0.4, -0.2) is 74.3 Å². The Morgan fingerprint density at radius 3 is 1.21 bits per heavy atom. The average molecular weight is 1150 g/mol. The van der Waals surface area contributed by atoms with Crippen molar-refractivity contribution in [1.82, 2.24) is 5.32 Å². The minimum atomic E-state index is -4.46. The number of nitrogens with zero attached hydrogens (tertiary/aromatic N) is 1. The highest BCUT2D eigenvalue weighted by molar-refractivity contribution is 7.47. The van der Waals surface area contributed by atoms with E-state index in [-0.39, 0.29) is 31.5 Å². The molecule has 0 fully saturated rings. The molecule has 0 aliphatic rings. The number of unbranched alkanes of at least 4 members (excludes halogenated alkanes) is 33. The Hall–Kier alpha value is -2.81. The van der Waals surface area contributed by atoms with Crippen molar-refractivity contribution >= 4 is 19.7 Å². The maximum absolute atomic E-state index is 13.6. The fraction of sp³-hybridized carbons (Fsp3) is 0.775. The Labute approximate surface area is 501 Å². The van der Waals surface area contributed by atoms with Crippen molar-refractivity contribution in [3.8, 4) is 0 Å². The number of allylic oxidation sites excluding steroid dienone is 13. The Kier molecular flexibility index (Phi) is 58.2. The Morgan fingerprint density at radius 1 is 0.444 bits per heavy atom. The molecule has 0 aliphatic heterocycles. The molecule has 0 aliphatic carbocycles. The third-order valence-electron chi connectivity index (χ3n) is 14.8. The van der Waals surface area contributed by atoms with Gasteiger partial charge in [0.1, 0.15) is 19.3 Å². The summed E-state index contributed by atoms with van der Waals surface area (Å²) in [5, 5.41) is 3.07. The molecule has 0 saturated carbocycles. The lowest BCUT2D eigenvalue weighted by Gasteiger charge is -2.27. The van der Waals surface area contributed by atoms with Crippen LogP contribution in [0, 0.1) is 0 Å². The quantitative estimate of drug-likeness (QED) is 0.0205. The summed E-state index contributed by atoms with van der Waals surface area (Å²) in [6, 6.07) is -0.855. The maximum Gasteiger partial charge on any atom is 0.472 e. The third kappa shape index (κ3) is 61.6. The van der Waals surface area contributed by atoms with Crippen LogP contribution in [0.25, 0.3) is 0 Å². The second-order valence-corrected chi connectivity index (χ2v) is 25.4. The van der Waals surface area contributed by atoms with Crippen LogP contribution >= 0.6 is 7.82 Å². The third-order valence-corrected chi connectivity index (χ3v) is 15.8. The van der Waals surface area contributed by atoms with E-state index in [1.807, 2.05) is 33.3 Å². The van der Waals surface area contributed by atoms with E-state index in [1.54, 1.807) is 0 Å². The van der Waals surface area contributed by atoms with Crippen LogP contribution in [0.15, 0.2) is 85.1 Å². The number of nitrogens with one attached hydrogen (secondary N) is 1. The number of carbonyl (C=O) groups excluding carboxylic acids is 2. The summed E-state index contributed by atoms with van der Waals surface area (Å²) in [6.07, 6.45) is 80.1. The number of rotatable bonds is 61. The number of hydrogen-bond donors (Lipinski definition) is 2. The number of esters is 1. The smallest absolute Gasteiger partial charge is 0.456 e. The van der Waals surface area contributed by atoms with Crippen LogP contribution in [0.5, 0.6) is 0 Å². The molecule has 9 nitrogen and oxygen atoms in total. The zero-order valence-corrected chi connectivity index (χ0v) is 54.7. The van der Waals surface area contributed by atoms with Crippen molar-refractivity contribution in [2.24, 2.45) is 0 Å². The first kappa shape index (κ1) is 78.2. The van der Waals surface area contributed by atoms with Gasteiger partial charge in [-0.15, -0.1) is 0 Å². The molecule has 0 heterocycles. The highest BCUT2D eigenvalue weighted by Gasteiger charge is 2.30. The number of quaternary nitrogens is 1. The first-order valence-corrected chi connectivity index (χ1v) is 35.4. The van der Waals surface area contributed by atoms with Crippen LogP contribution in [0.2, 0.25) is 0 Å². The van der Waals surface area contributed by atoms with Crippen molar-refractivity contribution in [2.75, 3.05) is 40.9 Å². The first-order chi connectivity index (χ1) is 39.4. The van der Waals surface area contributed by atoms with Crippen molar-refractivity contribution in [1.29, 1.82) is 0 Å². The minimum Gasteiger partial charge on any atom is -0.456 e. The topological polar surface area (TPSA) is 111 Å². The molecule has 0 saturated heterocycles.